The van der Waals surface area contributed by atoms with Crippen molar-refractivity contribution in [3.05, 3.63) is 0 Å². The maximum atomic E-state index is 5.25. The Morgan fingerprint density at radius 1 is 1.47 bits per heavy atom. The van der Waals surface area contributed by atoms with Crippen molar-refractivity contribution in [3.8, 4) is 0 Å². The minimum Gasteiger partial charge on any atom is -0.380 e. The van der Waals surface area contributed by atoms with E-state index < -0.39 is 0 Å². The third kappa shape index (κ3) is 4.12. The van der Waals surface area contributed by atoms with E-state index in [2.05, 4.69) is 33.0 Å². The molecule has 2 nitrogen and oxygen atoms in total. The molecule has 0 aliphatic heterocycles. The van der Waals surface area contributed by atoms with E-state index in [1.807, 2.05) is 0 Å². The summed E-state index contributed by atoms with van der Waals surface area (Å²) in [6.07, 6.45) is 4.32. The summed E-state index contributed by atoms with van der Waals surface area (Å²) < 4.78 is 5.25. The first-order chi connectivity index (χ1) is 6.94. The zero-order chi connectivity index (χ0) is 11.5. The number of ether oxygens (including phenoxy) is 1. The van der Waals surface area contributed by atoms with Crippen LogP contribution in [0.3, 0.4) is 0 Å². The summed E-state index contributed by atoms with van der Waals surface area (Å²) in [4.78, 5) is 0. The van der Waals surface area contributed by atoms with E-state index in [-0.39, 0.29) is 0 Å². The third-order valence-corrected chi connectivity index (χ3v) is 3.76. The number of nitrogens with one attached hydrogen (secondary N) is 1. The highest BCUT2D eigenvalue weighted by atomic mass is 16.5. The lowest BCUT2D eigenvalue weighted by molar-refractivity contribution is 0.0972. The van der Waals surface area contributed by atoms with Crippen molar-refractivity contribution in [2.45, 2.75) is 59.1 Å². The van der Waals surface area contributed by atoms with Crippen molar-refractivity contribution in [2.75, 3.05) is 13.7 Å². The van der Waals surface area contributed by atoms with E-state index in [9.17, 15) is 0 Å². The lowest BCUT2D eigenvalue weighted by Gasteiger charge is -2.40. The maximum absolute atomic E-state index is 5.25. The Kier molecular flexibility index (Phi) is 4.60. The number of hydrogen-bond acceptors (Lipinski definition) is 2. The molecule has 0 bridgehead atoms. The van der Waals surface area contributed by atoms with Gasteiger partial charge >= 0.3 is 0 Å². The molecule has 0 heterocycles. The molecular weight excluding hydrogens is 186 g/mol. The van der Waals surface area contributed by atoms with Crippen LogP contribution in [-0.2, 0) is 4.74 Å². The Balaban J connectivity index is 2.32. The maximum Gasteiger partial charge on any atom is 0.0667 e. The van der Waals surface area contributed by atoms with Crippen LogP contribution in [0.15, 0.2) is 0 Å². The molecule has 0 aromatic rings. The second-order valence-corrected chi connectivity index (χ2v) is 5.95. The molecule has 1 saturated carbocycles. The van der Waals surface area contributed by atoms with Crippen LogP contribution >= 0.6 is 0 Å². The van der Waals surface area contributed by atoms with Gasteiger partial charge in [0.05, 0.1) is 6.10 Å². The van der Waals surface area contributed by atoms with Crippen LogP contribution in [0.25, 0.3) is 0 Å². The van der Waals surface area contributed by atoms with Crippen LogP contribution in [0.1, 0.15) is 47.0 Å². The Labute approximate surface area is 94.8 Å². The molecule has 0 amide bonds. The lowest BCUT2D eigenvalue weighted by atomic mass is 9.70. The predicted molar refractivity (Wildman–Crippen MR) is 65.1 cm³/mol. The summed E-state index contributed by atoms with van der Waals surface area (Å²) in [5.41, 5.74) is 0.546. The molecule has 1 aliphatic rings. The smallest absolute Gasteiger partial charge is 0.0667 e. The minimum atomic E-state index is 0.326. The molecule has 3 atom stereocenters. The molecule has 90 valence electrons. The summed E-state index contributed by atoms with van der Waals surface area (Å²) in [5.74, 6) is 0.790. The second kappa shape index (κ2) is 5.31. The summed E-state index contributed by atoms with van der Waals surface area (Å²) in [6.45, 7) is 10.2. The van der Waals surface area contributed by atoms with Gasteiger partial charge in [-0.25, -0.2) is 0 Å². The van der Waals surface area contributed by atoms with Crippen LogP contribution in [-0.4, -0.2) is 25.8 Å². The van der Waals surface area contributed by atoms with E-state index >= 15 is 0 Å². The zero-order valence-electron chi connectivity index (χ0n) is 11.0. The molecule has 1 aliphatic carbocycles. The van der Waals surface area contributed by atoms with Crippen LogP contribution in [0.4, 0.5) is 0 Å². The molecule has 0 spiro atoms. The van der Waals surface area contributed by atoms with Crippen LogP contribution in [0.2, 0.25) is 0 Å². The highest BCUT2D eigenvalue weighted by Gasteiger charge is 2.31. The van der Waals surface area contributed by atoms with Gasteiger partial charge in [0.25, 0.3) is 0 Å². The fourth-order valence-corrected chi connectivity index (χ4v) is 2.65. The number of rotatable bonds is 4. The Morgan fingerprint density at radius 2 is 2.13 bits per heavy atom. The topological polar surface area (TPSA) is 21.3 Å². The molecule has 0 aromatic heterocycles. The van der Waals surface area contributed by atoms with Crippen molar-refractivity contribution in [2.24, 2.45) is 11.3 Å². The molecule has 2 heteroatoms. The van der Waals surface area contributed by atoms with Gasteiger partial charge in [-0.15, -0.1) is 0 Å². The molecule has 0 radical (unpaired) electrons. The van der Waals surface area contributed by atoms with Gasteiger partial charge in [0.1, 0.15) is 0 Å². The molecule has 1 fully saturated rings. The molecule has 1 N–H and O–H groups in total. The summed E-state index contributed by atoms with van der Waals surface area (Å²) in [5, 5.41) is 3.63. The highest BCUT2D eigenvalue weighted by Crippen LogP contribution is 2.38. The molecule has 3 unspecified atom stereocenters. The third-order valence-electron chi connectivity index (χ3n) is 3.76. The largest absolute Gasteiger partial charge is 0.380 e. The van der Waals surface area contributed by atoms with Gasteiger partial charge in [-0.05, 0) is 37.5 Å². The minimum absolute atomic E-state index is 0.326. The van der Waals surface area contributed by atoms with Crippen LogP contribution in [0, 0.1) is 11.3 Å². The first-order valence-electron chi connectivity index (χ1n) is 6.21. The first kappa shape index (κ1) is 13.0. The Morgan fingerprint density at radius 3 is 2.67 bits per heavy atom. The normalized spacial score (nSPS) is 32.6. The summed E-state index contributed by atoms with van der Waals surface area (Å²) >= 11 is 0. The predicted octanol–water partition coefficient (Wildman–Crippen LogP) is 2.83. The standard InChI is InChI=1S/C13H27NO/c1-10-8-13(3,4)7-6-12(10)14-9-11(2)15-5/h10-12,14H,6-9H2,1-5H3. The van der Waals surface area contributed by atoms with Crippen molar-refractivity contribution in [3.63, 3.8) is 0 Å². The van der Waals surface area contributed by atoms with E-state index in [0.717, 1.165) is 12.5 Å². The van der Waals surface area contributed by atoms with Crippen molar-refractivity contribution in [1.29, 1.82) is 0 Å². The number of hydrogen-bond donors (Lipinski definition) is 1. The van der Waals surface area contributed by atoms with Crippen LogP contribution in [0.5, 0.6) is 0 Å². The lowest BCUT2D eigenvalue weighted by Crippen LogP contribution is -2.44. The Bertz CT molecular complexity index is 191. The van der Waals surface area contributed by atoms with Gasteiger partial charge in [-0.2, -0.15) is 0 Å². The van der Waals surface area contributed by atoms with Gasteiger partial charge < -0.3 is 10.1 Å². The summed E-state index contributed by atoms with van der Waals surface area (Å²) in [7, 11) is 1.78. The number of methoxy groups -OCH3 is 1. The quantitative estimate of drug-likeness (QED) is 0.775. The zero-order valence-corrected chi connectivity index (χ0v) is 11.0. The summed E-state index contributed by atoms with van der Waals surface area (Å²) in [6, 6.07) is 0.690. The average molecular weight is 213 g/mol. The molecule has 0 saturated heterocycles. The molecule has 0 aromatic carbocycles. The van der Waals surface area contributed by atoms with Gasteiger partial charge in [0.2, 0.25) is 0 Å². The van der Waals surface area contributed by atoms with E-state index in [1.165, 1.54) is 19.3 Å². The van der Waals surface area contributed by atoms with E-state index in [1.54, 1.807) is 7.11 Å². The van der Waals surface area contributed by atoms with Crippen LogP contribution < -0.4 is 5.32 Å². The molecular formula is C13H27NO. The first-order valence-corrected chi connectivity index (χ1v) is 6.21. The molecule has 1 rings (SSSR count). The second-order valence-electron chi connectivity index (χ2n) is 5.95. The van der Waals surface area contributed by atoms with Crippen molar-refractivity contribution >= 4 is 0 Å². The fraction of sp³-hybridized carbons (Fsp3) is 1.00. The van der Waals surface area contributed by atoms with Crippen molar-refractivity contribution in [1.82, 2.24) is 5.32 Å². The van der Waals surface area contributed by atoms with Gasteiger partial charge in [0, 0.05) is 19.7 Å². The Hall–Kier alpha value is -0.0800. The van der Waals surface area contributed by atoms with Gasteiger partial charge in [-0.1, -0.05) is 20.8 Å². The molecule has 15 heavy (non-hydrogen) atoms. The highest BCUT2D eigenvalue weighted by molar-refractivity contribution is 4.86. The average Bonchev–Trinajstić information content (AvgIpc) is 2.15. The van der Waals surface area contributed by atoms with Gasteiger partial charge in [0.15, 0.2) is 0 Å². The van der Waals surface area contributed by atoms with E-state index in [0.29, 0.717) is 17.6 Å². The fourth-order valence-electron chi connectivity index (χ4n) is 2.65. The van der Waals surface area contributed by atoms with E-state index in [4.69, 9.17) is 4.74 Å². The SMILES string of the molecule is COC(C)CNC1CCC(C)(C)CC1C. The monoisotopic (exact) mass is 213 g/mol. The van der Waals surface area contributed by atoms with Crippen molar-refractivity contribution < 1.29 is 4.74 Å². The van der Waals surface area contributed by atoms with Gasteiger partial charge in [-0.3, -0.25) is 0 Å².